The monoisotopic (exact) mass is 353 g/mol. The lowest BCUT2D eigenvalue weighted by molar-refractivity contribution is 0.0762. The third kappa shape index (κ3) is 2.57. The summed E-state index contributed by atoms with van der Waals surface area (Å²) in [6.45, 7) is 0.113. The van der Waals surface area contributed by atoms with Crippen molar-refractivity contribution in [2.75, 3.05) is 14.2 Å². The molecular formula is C17H14ClF2NO3. The van der Waals surface area contributed by atoms with Crippen molar-refractivity contribution in [2.24, 2.45) is 0 Å². The molecule has 126 valence electrons. The van der Waals surface area contributed by atoms with Gasteiger partial charge >= 0.3 is 0 Å². The molecule has 0 radical (unpaired) electrons. The largest absolute Gasteiger partial charge is 0.493 e. The van der Waals surface area contributed by atoms with Crippen LogP contribution in [0.5, 0.6) is 11.5 Å². The zero-order chi connectivity index (χ0) is 17.4. The quantitative estimate of drug-likeness (QED) is 0.785. The molecule has 0 atom stereocenters. The summed E-state index contributed by atoms with van der Waals surface area (Å²) < 4.78 is 38.0. The van der Waals surface area contributed by atoms with Gasteiger partial charge in [0, 0.05) is 12.1 Å². The molecule has 0 saturated heterocycles. The molecule has 1 aliphatic heterocycles. The molecule has 0 unspecified atom stereocenters. The van der Waals surface area contributed by atoms with Crippen LogP contribution in [0.3, 0.4) is 0 Å². The average molecular weight is 354 g/mol. The first-order valence-electron chi connectivity index (χ1n) is 7.13. The van der Waals surface area contributed by atoms with Gasteiger partial charge in [0.05, 0.1) is 31.4 Å². The molecule has 0 aromatic heterocycles. The first-order valence-corrected chi connectivity index (χ1v) is 7.51. The smallest absolute Gasteiger partial charge is 0.258 e. The molecular weight excluding hydrogens is 340 g/mol. The third-order valence-corrected chi connectivity index (χ3v) is 4.39. The van der Waals surface area contributed by atoms with Crippen molar-refractivity contribution < 1.29 is 23.0 Å². The maximum atomic E-state index is 14.0. The summed E-state index contributed by atoms with van der Waals surface area (Å²) in [6, 6.07) is 5.39. The van der Waals surface area contributed by atoms with E-state index in [0.717, 1.165) is 17.7 Å². The standard InChI is InChI=1S/C17H14ClF2NO3/c1-23-13-6-3-9-7-21(17(22)14(9)16(13)24-2)8-10-11(19)4-5-12(20)15(10)18/h3-6H,7-8H2,1-2H3. The Kier molecular flexibility index (Phi) is 4.32. The lowest BCUT2D eigenvalue weighted by Crippen LogP contribution is -2.24. The van der Waals surface area contributed by atoms with E-state index in [9.17, 15) is 13.6 Å². The maximum absolute atomic E-state index is 14.0. The van der Waals surface area contributed by atoms with E-state index in [0.29, 0.717) is 17.1 Å². The van der Waals surface area contributed by atoms with Gasteiger partial charge in [0.25, 0.3) is 5.91 Å². The minimum atomic E-state index is -0.725. The predicted molar refractivity (Wildman–Crippen MR) is 84.5 cm³/mol. The number of benzene rings is 2. The second-order valence-corrected chi connectivity index (χ2v) is 5.70. The summed E-state index contributed by atoms with van der Waals surface area (Å²) in [4.78, 5) is 14.1. The molecule has 0 fully saturated rings. The van der Waals surface area contributed by atoms with Crippen molar-refractivity contribution in [3.8, 4) is 11.5 Å². The van der Waals surface area contributed by atoms with Crippen molar-refractivity contribution in [1.29, 1.82) is 0 Å². The van der Waals surface area contributed by atoms with Crippen LogP contribution in [0.25, 0.3) is 0 Å². The zero-order valence-electron chi connectivity index (χ0n) is 13.0. The summed E-state index contributed by atoms with van der Waals surface area (Å²) >= 11 is 5.84. The Morgan fingerprint density at radius 3 is 2.50 bits per heavy atom. The van der Waals surface area contributed by atoms with Crippen LogP contribution in [0.4, 0.5) is 8.78 Å². The van der Waals surface area contributed by atoms with Crippen molar-refractivity contribution in [3.63, 3.8) is 0 Å². The van der Waals surface area contributed by atoms with Crippen LogP contribution < -0.4 is 9.47 Å². The lowest BCUT2D eigenvalue weighted by atomic mass is 10.1. The highest BCUT2D eigenvalue weighted by atomic mass is 35.5. The molecule has 4 nitrogen and oxygen atoms in total. The van der Waals surface area contributed by atoms with E-state index in [-0.39, 0.29) is 29.6 Å². The van der Waals surface area contributed by atoms with Crippen LogP contribution in [-0.2, 0) is 13.1 Å². The van der Waals surface area contributed by atoms with Crippen molar-refractivity contribution in [2.45, 2.75) is 13.1 Å². The van der Waals surface area contributed by atoms with Crippen LogP contribution in [0.1, 0.15) is 21.5 Å². The fraction of sp³-hybridized carbons (Fsp3) is 0.235. The maximum Gasteiger partial charge on any atom is 0.258 e. The van der Waals surface area contributed by atoms with Gasteiger partial charge in [-0.1, -0.05) is 17.7 Å². The van der Waals surface area contributed by atoms with E-state index in [1.807, 2.05) is 0 Å². The number of hydrogen-bond acceptors (Lipinski definition) is 3. The Bertz CT molecular complexity index is 826. The van der Waals surface area contributed by atoms with Crippen LogP contribution in [0, 0.1) is 11.6 Å². The fourth-order valence-electron chi connectivity index (χ4n) is 2.80. The van der Waals surface area contributed by atoms with E-state index in [1.54, 1.807) is 12.1 Å². The summed E-state index contributed by atoms with van der Waals surface area (Å²) in [6.07, 6.45) is 0. The highest BCUT2D eigenvalue weighted by Gasteiger charge is 2.33. The lowest BCUT2D eigenvalue weighted by Gasteiger charge is -2.17. The fourth-order valence-corrected chi connectivity index (χ4v) is 3.02. The molecule has 2 aromatic rings. The molecule has 0 aliphatic carbocycles. The first kappa shape index (κ1) is 16.5. The number of halogens is 3. The number of ether oxygens (including phenoxy) is 2. The summed E-state index contributed by atoms with van der Waals surface area (Å²) in [5, 5.41) is -0.316. The Morgan fingerprint density at radius 1 is 1.12 bits per heavy atom. The van der Waals surface area contributed by atoms with Gasteiger partial charge in [-0.25, -0.2) is 8.78 Å². The van der Waals surface area contributed by atoms with Crippen LogP contribution in [0.15, 0.2) is 24.3 Å². The zero-order valence-corrected chi connectivity index (χ0v) is 13.8. The molecule has 0 spiro atoms. The van der Waals surface area contributed by atoms with Crippen LogP contribution in [-0.4, -0.2) is 25.0 Å². The Morgan fingerprint density at radius 2 is 1.83 bits per heavy atom. The van der Waals surface area contributed by atoms with Gasteiger partial charge in [0.15, 0.2) is 11.5 Å². The van der Waals surface area contributed by atoms with Crippen LogP contribution >= 0.6 is 11.6 Å². The Labute approximate surface area is 142 Å². The third-order valence-electron chi connectivity index (χ3n) is 3.98. The van der Waals surface area contributed by atoms with Gasteiger partial charge in [-0.3, -0.25) is 4.79 Å². The molecule has 0 N–H and O–H groups in total. The van der Waals surface area contributed by atoms with Gasteiger partial charge in [-0.05, 0) is 23.8 Å². The first-order chi connectivity index (χ1) is 11.5. The number of carbonyl (C=O) groups excluding carboxylic acids is 1. The molecule has 0 bridgehead atoms. The normalized spacial score (nSPS) is 13.2. The number of methoxy groups -OCH3 is 2. The number of nitrogens with zero attached hydrogens (tertiary/aromatic N) is 1. The molecule has 1 aliphatic rings. The molecule has 0 saturated carbocycles. The number of hydrogen-bond donors (Lipinski definition) is 0. The van der Waals surface area contributed by atoms with E-state index < -0.39 is 11.6 Å². The molecule has 1 heterocycles. The van der Waals surface area contributed by atoms with E-state index >= 15 is 0 Å². The van der Waals surface area contributed by atoms with Crippen LogP contribution in [0.2, 0.25) is 5.02 Å². The molecule has 3 rings (SSSR count). The minimum Gasteiger partial charge on any atom is -0.493 e. The van der Waals surface area contributed by atoms with Crippen molar-refractivity contribution in [1.82, 2.24) is 4.90 Å². The second-order valence-electron chi connectivity index (χ2n) is 5.32. The Balaban J connectivity index is 1.97. The highest BCUT2D eigenvalue weighted by Crippen LogP contribution is 2.39. The van der Waals surface area contributed by atoms with Crippen molar-refractivity contribution in [3.05, 3.63) is 57.6 Å². The Hall–Kier alpha value is -2.34. The SMILES string of the molecule is COc1ccc2c(c1OC)C(=O)N(Cc1c(F)ccc(F)c1Cl)C2. The van der Waals surface area contributed by atoms with E-state index in [2.05, 4.69) is 0 Å². The topological polar surface area (TPSA) is 38.8 Å². The van der Waals surface area contributed by atoms with Gasteiger partial charge in [0.1, 0.15) is 11.6 Å². The highest BCUT2D eigenvalue weighted by molar-refractivity contribution is 6.31. The van der Waals surface area contributed by atoms with Gasteiger partial charge in [-0.2, -0.15) is 0 Å². The molecule has 7 heteroatoms. The summed E-state index contributed by atoms with van der Waals surface area (Å²) in [5.41, 5.74) is 1.04. The number of carbonyl (C=O) groups is 1. The number of fused-ring (bicyclic) bond motifs is 1. The average Bonchev–Trinajstić information content (AvgIpc) is 2.90. The van der Waals surface area contributed by atoms with Gasteiger partial charge in [0.2, 0.25) is 0 Å². The molecule has 24 heavy (non-hydrogen) atoms. The molecule has 2 aromatic carbocycles. The van der Waals surface area contributed by atoms with Crippen molar-refractivity contribution >= 4 is 17.5 Å². The van der Waals surface area contributed by atoms with E-state index in [4.69, 9.17) is 21.1 Å². The van der Waals surface area contributed by atoms with Gasteiger partial charge in [-0.15, -0.1) is 0 Å². The summed E-state index contributed by atoms with van der Waals surface area (Å²) in [7, 11) is 2.92. The number of amides is 1. The summed E-state index contributed by atoms with van der Waals surface area (Å²) in [5.74, 6) is -0.971. The number of rotatable bonds is 4. The minimum absolute atomic E-state index is 0.0521. The molecule has 1 amide bonds. The predicted octanol–water partition coefficient (Wildman–Crippen LogP) is 3.79. The second kappa shape index (κ2) is 6.28. The van der Waals surface area contributed by atoms with Gasteiger partial charge < -0.3 is 14.4 Å². The van der Waals surface area contributed by atoms with E-state index in [1.165, 1.54) is 19.1 Å².